The van der Waals surface area contributed by atoms with E-state index in [9.17, 15) is 9.59 Å². The predicted molar refractivity (Wildman–Crippen MR) is 101 cm³/mol. The van der Waals surface area contributed by atoms with E-state index in [1.54, 1.807) is 0 Å². The van der Waals surface area contributed by atoms with Gasteiger partial charge in [-0.3, -0.25) is 9.59 Å². The highest BCUT2D eigenvalue weighted by Gasteiger charge is 2.36. The summed E-state index contributed by atoms with van der Waals surface area (Å²) in [6.07, 6.45) is 4.43. The molecular weight excluding hydrogens is 314 g/mol. The fourth-order valence-electron chi connectivity index (χ4n) is 3.84. The van der Waals surface area contributed by atoms with Crippen molar-refractivity contribution in [2.24, 2.45) is 17.3 Å². The lowest BCUT2D eigenvalue weighted by atomic mass is 9.90. The summed E-state index contributed by atoms with van der Waals surface area (Å²) >= 11 is 0. The number of carbonyl (C=O) groups excluding carboxylic acids is 2. The van der Waals surface area contributed by atoms with Gasteiger partial charge in [0.25, 0.3) is 0 Å². The standard InChI is InChI=1S/C20H37N3O2/c1-15(2)12-17-13-21-18(24)19(25)23(17)14-16-6-9-22(10-7-16)11-8-20(3,4)5/h15-17H,6-14H2,1-5H3,(H,21,24)/t17-/m0/s1. The molecule has 2 heterocycles. The topological polar surface area (TPSA) is 52.7 Å². The van der Waals surface area contributed by atoms with Crippen molar-refractivity contribution in [1.29, 1.82) is 0 Å². The first kappa shape index (κ1) is 20.2. The number of carbonyl (C=O) groups is 2. The molecule has 0 bridgehead atoms. The molecule has 0 radical (unpaired) electrons. The minimum atomic E-state index is -0.428. The summed E-state index contributed by atoms with van der Waals surface area (Å²) in [7, 11) is 0. The van der Waals surface area contributed by atoms with E-state index in [0.29, 0.717) is 23.8 Å². The van der Waals surface area contributed by atoms with Gasteiger partial charge in [0.05, 0.1) is 0 Å². The molecule has 0 aromatic carbocycles. The monoisotopic (exact) mass is 351 g/mol. The fourth-order valence-corrected chi connectivity index (χ4v) is 3.84. The zero-order valence-electron chi connectivity index (χ0n) is 16.8. The maximum Gasteiger partial charge on any atom is 0.312 e. The van der Waals surface area contributed by atoms with E-state index in [4.69, 9.17) is 0 Å². The molecular formula is C20H37N3O2. The van der Waals surface area contributed by atoms with Gasteiger partial charge in [-0.25, -0.2) is 0 Å². The lowest BCUT2D eigenvalue weighted by molar-refractivity contribution is -0.151. The normalized spacial score (nSPS) is 24.1. The molecule has 2 saturated heterocycles. The molecule has 2 aliphatic heterocycles. The van der Waals surface area contributed by atoms with Gasteiger partial charge in [0, 0.05) is 19.1 Å². The average Bonchev–Trinajstić information content (AvgIpc) is 2.52. The van der Waals surface area contributed by atoms with Crippen LogP contribution in [0, 0.1) is 17.3 Å². The molecule has 1 N–H and O–H groups in total. The van der Waals surface area contributed by atoms with E-state index in [1.165, 1.54) is 6.42 Å². The number of nitrogens with one attached hydrogen (secondary N) is 1. The molecule has 2 rings (SSSR count). The summed E-state index contributed by atoms with van der Waals surface area (Å²) in [6, 6.07) is 0.157. The van der Waals surface area contributed by atoms with Crippen LogP contribution in [0.3, 0.4) is 0 Å². The van der Waals surface area contributed by atoms with Gasteiger partial charge in [-0.1, -0.05) is 34.6 Å². The second kappa shape index (κ2) is 8.52. The largest absolute Gasteiger partial charge is 0.346 e. The molecule has 0 aliphatic carbocycles. The first-order valence-corrected chi connectivity index (χ1v) is 9.97. The highest BCUT2D eigenvalue weighted by molar-refractivity contribution is 6.35. The van der Waals surface area contributed by atoms with Crippen molar-refractivity contribution in [3.05, 3.63) is 0 Å². The van der Waals surface area contributed by atoms with Crippen LogP contribution in [0.15, 0.2) is 0 Å². The quantitative estimate of drug-likeness (QED) is 0.748. The van der Waals surface area contributed by atoms with Crippen LogP contribution >= 0.6 is 0 Å². The highest BCUT2D eigenvalue weighted by atomic mass is 16.2. The molecule has 0 saturated carbocycles. The van der Waals surface area contributed by atoms with Crippen LogP contribution in [-0.4, -0.2) is 60.4 Å². The number of amides is 2. The van der Waals surface area contributed by atoms with Crippen molar-refractivity contribution in [2.45, 2.75) is 66.3 Å². The second-order valence-electron chi connectivity index (χ2n) is 9.55. The van der Waals surface area contributed by atoms with E-state index in [0.717, 1.165) is 45.4 Å². The van der Waals surface area contributed by atoms with Gasteiger partial charge < -0.3 is 15.1 Å². The zero-order chi connectivity index (χ0) is 18.6. The molecule has 0 unspecified atom stereocenters. The summed E-state index contributed by atoms with van der Waals surface area (Å²) < 4.78 is 0. The smallest absolute Gasteiger partial charge is 0.312 e. The molecule has 0 spiro atoms. The van der Waals surface area contributed by atoms with Crippen molar-refractivity contribution in [1.82, 2.24) is 15.1 Å². The van der Waals surface area contributed by atoms with Crippen molar-refractivity contribution < 1.29 is 9.59 Å². The number of piperidine rings is 1. The fraction of sp³-hybridized carbons (Fsp3) is 0.900. The number of rotatable bonds is 6. The average molecular weight is 352 g/mol. The molecule has 5 heteroatoms. The third kappa shape index (κ3) is 6.28. The summed E-state index contributed by atoms with van der Waals surface area (Å²) in [4.78, 5) is 28.6. The van der Waals surface area contributed by atoms with E-state index < -0.39 is 5.91 Å². The summed E-state index contributed by atoms with van der Waals surface area (Å²) in [5.41, 5.74) is 0.383. The molecule has 2 amide bonds. The van der Waals surface area contributed by atoms with Crippen LogP contribution < -0.4 is 5.32 Å². The Kier molecular flexibility index (Phi) is 6.89. The second-order valence-corrected chi connectivity index (χ2v) is 9.55. The Morgan fingerprint density at radius 2 is 1.80 bits per heavy atom. The van der Waals surface area contributed by atoms with Crippen LogP contribution in [0.2, 0.25) is 0 Å². The summed E-state index contributed by atoms with van der Waals surface area (Å²) in [5.74, 6) is 0.291. The minimum absolute atomic E-state index is 0.157. The van der Waals surface area contributed by atoms with Crippen molar-refractivity contribution >= 4 is 11.8 Å². The molecule has 0 aromatic heterocycles. The maximum atomic E-state index is 12.4. The Bertz CT molecular complexity index is 462. The van der Waals surface area contributed by atoms with Crippen molar-refractivity contribution in [2.75, 3.05) is 32.7 Å². The van der Waals surface area contributed by atoms with Crippen LogP contribution in [0.1, 0.15) is 60.3 Å². The SMILES string of the molecule is CC(C)C[C@H]1CNC(=O)C(=O)N1CC1CCN(CCC(C)(C)C)CC1. The van der Waals surface area contributed by atoms with Gasteiger partial charge in [-0.2, -0.15) is 0 Å². The lowest BCUT2D eigenvalue weighted by Gasteiger charge is -2.40. The predicted octanol–water partition coefficient (Wildman–Crippen LogP) is 2.51. The molecule has 25 heavy (non-hydrogen) atoms. The number of piperazine rings is 1. The number of nitrogens with zero attached hydrogens (tertiary/aromatic N) is 2. The van der Waals surface area contributed by atoms with Gasteiger partial charge in [-0.15, -0.1) is 0 Å². The Hall–Kier alpha value is -1.10. The van der Waals surface area contributed by atoms with Gasteiger partial charge in [-0.05, 0) is 62.6 Å². The van der Waals surface area contributed by atoms with E-state index >= 15 is 0 Å². The van der Waals surface area contributed by atoms with E-state index in [-0.39, 0.29) is 11.9 Å². The Morgan fingerprint density at radius 3 is 2.36 bits per heavy atom. The molecule has 0 aromatic rings. The van der Waals surface area contributed by atoms with Crippen LogP contribution in [0.4, 0.5) is 0 Å². The minimum Gasteiger partial charge on any atom is -0.346 e. The van der Waals surface area contributed by atoms with Crippen LogP contribution in [-0.2, 0) is 9.59 Å². The summed E-state index contributed by atoms with van der Waals surface area (Å²) in [6.45, 7) is 16.0. The first-order chi connectivity index (χ1) is 11.7. The van der Waals surface area contributed by atoms with Crippen molar-refractivity contribution in [3.8, 4) is 0 Å². The molecule has 5 nitrogen and oxygen atoms in total. The van der Waals surface area contributed by atoms with Crippen LogP contribution in [0.5, 0.6) is 0 Å². The Morgan fingerprint density at radius 1 is 1.16 bits per heavy atom. The third-order valence-electron chi connectivity index (χ3n) is 5.48. The Labute approximate surface area is 153 Å². The molecule has 2 fully saturated rings. The maximum absolute atomic E-state index is 12.4. The highest BCUT2D eigenvalue weighted by Crippen LogP contribution is 2.24. The van der Waals surface area contributed by atoms with E-state index in [1.807, 2.05) is 4.90 Å². The zero-order valence-corrected chi connectivity index (χ0v) is 16.8. The van der Waals surface area contributed by atoms with Crippen LogP contribution in [0.25, 0.3) is 0 Å². The molecule has 144 valence electrons. The summed E-state index contributed by atoms with van der Waals surface area (Å²) in [5, 5.41) is 2.75. The lowest BCUT2D eigenvalue weighted by Crippen LogP contribution is -2.59. The molecule has 1 atom stereocenters. The van der Waals surface area contributed by atoms with Gasteiger partial charge in [0.15, 0.2) is 0 Å². The Balaban J connectivity index is 1.85. The van der Waals surface area contributed by atoms with E-state index in [2.05, 4.69) is 44.8 Å². The van der Waals surface area contributed by atoms with Crippen molar-refractivity contribution in [3.63, 3.8) is 0 Å². The number of hydrogen-bond acceptors (Lipinski definition) is 3. The van der Waals surface area contributed by atoms with Gasteiger partial charge >= 0.3 is 11.8 Å². The first-order valence-electron chi connectivity index (χ1n) is 9.97. The van der Waals surface area contributed by atoms with Gasteiger partial charge in [0.2, 0.25) is 0 Å². The molecule has 2 aliphatic rings. The third-order valence-corrected chi connectivity index (χ3v) is 5.48. The number of likely N-dealkylation sites (tertiary alicyclic amines) is 1. The van der Waals surface area contributed by atoms with Gasteiger partial charge in [0.1, 0.15) is 0 Å². The number of hydrogen-bond donors (Lipinski definition) is 1.